The van der Waals surface area contributed by atoms with Crippen LogP contribution in [0, 0.1) is 5.92 Å². The number of hydrogen-bond donors (Lipinski definition) is 0. The van der Waals surface area contributed by atoms with E-state index in [1.54, 1.807) is 18.3 Å². The van der Waals surface area contributed by atoms with Crippen LogP contribution in [0.15, 0.2) is 22.9 Å². The van der Waals surface area contributed by atoms with Crippen LogP contribution in [0.1, 0.15) is 25.5 Å². The van der Waals surface area contributed by atoms with E-state index >= 15 is 0 Å². The van der Waals surface area contributed by atoms with Crippen LogP contribution in [0.4, 0.5) is 0 Å². The molecule has 0 amide bonds. The summed E-state index contributed by atoms with van der Waals surface area (Å²) in [6.07, 6.45) is 2.40. The summed E-state index contributed by atoms with van der Waals surface area (Å²) < 4.78 is 5.19. The SMILES string of the molecule is CC(C)C(C=O)c1cc(-c2ccnc(Cl)n2)no1. The van der Waals surface area contributed by atoms with Gasteiger partial charge in [-0.25, -0.2) is 9.97 Å². The van der Waals surface area contributed by atoms with E-state index in [9.17, 15) is 4.79 Å². The zero-order valence-electron chi connectivity index (χ0n) is 10.0. The predicted octanol–water partition coefficient (Wildman–Crippen LogP) is 2.72. The summed E-state index contributed by atoms with van der Waals surface area (Å²) >= 11 is 5.71. The van der Waals surface area contributed by atoms with Gasteiger partial charge < -0.3 is 9.32 Å². The molecule has 2 rings (SSSR count). The lowest BCUT2D eigenvalue weighted by atomic mass is 9.95. The van der Waals surface area contributed by atoms with Crippen molar-refractivity contribution >= 4 is 17.9 Å². The lowest BCUT2D eigenvalue weighted by Crippen LogP contribution is -2.06. The van der Waals surface area contributed by atoms with Gasteiger partial charge in [-0.1, -0.05) is 19.0 Å². The van der Waals surface area contributed by atoms with Crippen molar-refractivity contribution in [2.24, 2.45) is 5.92 Å². The molecule has 5 nitrogen and oxygen atoms in total. The molecule has 2 heterocycles. The summed E-state index contributed by atoms with van der Waals surface area (Å²) in [7, 11) is 0. The zero-order valence-corrected chi connectivity index (χ0v) is 10.8. The maximum Gasteiger partial charge on any atom is 0.222 e. The number of nitrogens with zero attached hydrogens (tertiary/aromatic N) is 3. The minimum Gasteiger partial charge on any atom is -0.360 e. The van der Waals surface area contributed by atoms with Gasteiger partial charge in [0.25, 0.3) is 0 Å². The van der Waals surface area contributed by atoms with Gasteiger partial charge in [-0.15, -0.1) is 0 Å². The Bertz CT molecular complexity index is 554. The van der Waals surface area contributed by atoms with E-state index in [0.717, 1.165) is 6.29 Å². The third-order valence-electron chi connectivity index (χ3n) is 2.61. The van der Waals surface area contributed by atoms with Crippen molar-refractivity contribution in [3.05, 3.63) is 29.4 Å². The molecule has 2 aromatic heterocycles. The molecular formula is C12H12ClN3O2. The monoisotopic (exact) mass is 265 g/mol. The number of aldehydes is 1. The smallest absolute Gasteiger partial charge is 0.222 e. The van der Waals surface area contributed by atoms with E-state index < -0.39 is 0 Å². The summed E-state index contributed by atoms with van der Waals surface area (Å²) in [6.45, 7) is 3.89. The van der Waals surface area contributed by atoms with E-state index in [4.69, 9.17) is 16.1 Å². The average molecular weight is 266 g/mol. The Balaban J connectivity index is 2.33. The highest BCUT2D eigenvalue weighted by Gasteiger charge is 2.20. The van der Waals surface area contributed by atoms with E-state index in [-0.39, 0.29) is 17.1 Å². The highest BCUT2D eigenvalue weighted by molar-refractivity contribution is 6.28. The molecule has 0 saturated carbocycles. The molecule has 0 fully saturated rings. The van der Waals surface area contributed by atoms with Crippen molar-refractivity contribution in [3.8, 4) is 11.4 Å². The van der Waals surface area contributed by atoms with Crippen LogP contribution in [-0.4, -0.2) is 21.4 Å². The Hall–Kier alpha value is -1.75. The third-order valence-corrected chi connectivity index (χ3v) is 2.79. The highest BCUT2D eigenvalue weighted by Crippen LogP contribution is 2.26. The van der Waals surface area contributed by atoms with Crippen molar-refractivity contribution in [3.63, 3.8) is 0 Å². The second-order valence-corrected chi connectivity index (χ2v) is 4.57. The van der Waals surface area contributed by atoms with Gasteiger partial charge >= 0.3 is 0 Å². The summed E-state index contributed by atoms with van der Waals surface area (Å²) in [5, 5.41) is 4.04. The lowest BCUT2D eigenvalue weighted by Gasteiger charge is -2.08. The average Bonchev–Trinajstić information content (AvgIpc) is 2.79. The molecule has 0 aliphatic carbocycles. The normalized spacial score (nSPS) is 12.7. The molecule has 0 N–H and O–H groups in total. The fraction of sp³-hybridized carbons (Fsp3) is 0.333. The van der Waals surface area contributed by atoms with Crippen molar-refractivity contribution in [1.82, 2.24) is 15.1 Å². The number of hydrogen-bond acceptors (Lipinski definition) is 5. The van der Waals surface area contributed by atoms with Crippen molar-refractivity contribution in [2.45, 2.75) is 19.8 Å². The molecule has 1 atom stereocenters. The largest absolute Gasteiger partial charge is 0.360 e. The Labute approximate surface area is 109 Å². The molecule has 0 spiro atoms. The van der Waals surface area contributed by atoms with Crippen LogP contribution in [0.3, 0.4) is 0 Å². The minimum atomic E-state index is -0.302. The number of aromatic nitrogens is 3. The summed E-state index contributed by atoms with van der Waals surface area (Å²) in [5.74, 6) is 0.380. The maximum atomic E-state index is 11.0. The van der Waals surface area contributed by atoms with Crippen molar-refractivity contribution in [2.75, 3.05) is 0 Å². The van der Waals surface area contributed by atoms with Gasteiger partial charge in [0.15, 0.2) is 0 Å². The topological polar surface area (TPSA) is 68.9 Å². The summed E-state index contributed by atoms with van der Waals surface area (Å²) in [4.78, 5) is 18.8. The van der Waals surface area contributed by atoms with Gasteiger partial charge in [0.05, 0.1) is 11.6 Å². The minimum absolute atomic E-state index is 0.146. The Morgan fingerprint density at radius 2 is 2.17 bits per heavy atom. The number of rotatable bonds is 4. The fourth-order valence-electron chi connectivity index (χ4n) is 1.60. The van der Waals surface area contributed by atoms with Gasteiger partial charge in [-0.3, -0.25) is 0 Å². The predicted molar refractivity (Wildman–Crippen MR) is 66.2 cm³/mol. The third kappa shape index (κ3) is 2.56. The molecule has 18 heavy (non-hydrogen) atoms. The second-order valence-electron chi connectivity index (χ2n) is 4.23. The van der Waals surface area contributed by atoms with Crippen molar-refractivity contribution < 1.29 is 9.32 Å². The van der Waals surface area contributed by atoms with E-state index in [1.165, 1.54) is 0 Å². The number of carbonyl (C=O) groups is 1. The van der Waals surface area contributed by atoms with Crippen LogP contribution < -0.4 is 0 Å². The first-order valence-corrected chi connectivity index (χ1v) is 5.90. The maximum absolute atomic E-state index is 11.0. The van der Waals surface area contributed by atoms with E-state index in [2.05, 4.69) is 15.1 Å². The van der Waals surface area contributed by atoms with E-state index in [1.807, 2.05) is 13.8 Å². The van der Waals surface area contributed by atoms with Crippen LogP contribution in [0.5, 0.6) is 0 Å². The first-order valence-electron chi connectivity index (χ1n) is 5.52. The zero-order chi connectivity index (χ0) is 13.1. The molecule has 94 valence electrons. The van der Waals surface area contributed by atoms with Gasteiger partial charge in [0.1, 0.15) is 17.7 Å². The molecule has 0 saturated heterocycles. The molecule has 0 aliphatic heterocycles. The molecular weight excluding hydrogens is 254 g/mol. The first kappa shape index (κ1) is 12.7. The van der Waals surface area contributed by atoms with Gasteiger partial charge in [0, 0.05) is 12.3 Å². The Morgan fingerprint density at radius 1 is 1.39 bits per heavy atom. The summed E-state index contributed by atoms with van der Waals surface area (Å²) in [6, 6.07) is 3.39. The van der Waals surface area contributed by atoms with E-state index in [0.29, 0.717) is 17.1 Å². The molecule has 6 heteroatoms. The molecule has 1 unspecified atom stereocenters. The number of carbonyl (C=O) groups excluding carboxylic acids is 1. The quantitative estimate of drug-likeness (QED) is 0.628. The highest BCUT2D eigenvalue weighted by atomic mass is 35.5. The summed E-state index contributed by atoms with van der Waals surface area (Å²) in [5.41, 5.74) is 1.11. The van der Waals surface area contributed by atoms with Gasteiger partial charge in [0.2, 0.25) is 5.28 Å². The first-order chi connectivity index (χ1) is 8.61. The van der Waals surface area contributed by atoms with Crippen LogP contribution in [-0.2, 0) is 4.79 Å². The Kier molecular flexibility index (Phi) is 3.72. The molecule has 2 aromatic rings. The molecule has 0 radical (unpaired) electrons. The fourth-order valence-corrected chi connectivity index (χ4v) is 1.74. The second kappa shape index (κ2) is 5.27. The lowest BCUT2D eigenvalue weighted by molar-refractivity contribution is -0.110. The van der Waals surface area contributed by atoms with Crippen LogP contribution in [0.25, 0.3) is 11.4 Å². The standard InChI is InChI=1S/C12H12ClN3O2/c1-7(2)8(6-17)11-5-10(16-18-11)9-3-4-14-12(13)15-9/h3-8H,1-2H3. The molecule has 0 bridgehead atoms. The van der Waals surface area contributed by atoms with Crippen LogP contribution >= 0.6 is 11.6 Å². The van der Waals surface area contributed by atoms with Gasteiger partial charge in [-0.2, -0.15) is 0 Å². The van der Waals surface area contributed by atoms with Crippen molar-refractivity contribution in [1.29, 1.82) is 0 Å². The molecule has 0 aromatic carbocycles. The van der Waals surface area contributed by atoms with Crippen LogP contribution in [0.2, 0.25) is 5.28 Å². The van der Waals surface area contributed by atoms with Gasteiger partial charge in [-0.05, 0) is 23.6 Å². The number of halogens is 1. The Morgan fingerprint density at radius 3 is 2.78 bits per heavy atom. The molecule has 0 aliphatic rings.